The molecule has 0 radical (unpaired) electrons. The topological polar surface area (TPSA) is 70.5 Å². The lowest BCUT2D eigenvalue weighted by Gasteiger charge is -2.24. The monoisotopic (exact) mass is 374 g/mol. The first-order valence-corrected chi connectivity index (χ1v) is 8.94. The van der Waals surface area contributed by atoms with Crippen LogP contribution >= 0.6 is 11.8 Å². The zero-order valence-corrected chi connectivity index (χ0v) is 14.0. The molecular weight excluding hydrogens is 357 g/mol. The maximum Gasteiger partial charge on any atom is 0.417 e. The number of nitrogens with zero attached hydrogens (tertiary/aromatic N) is 2. The number of rotatable bonds is 4. The predicted octanol–water partition coefficient (Wildman–Crippen LogP) is 2.90. The molecule has 9 heteroatoms. The van der Waals surface area contributed by atoms with E-state index in [1.807, 2.05) is 0 Å². The number of amides is 1. The van der Waals surface area contributed by atoms with E-state index in [9.17, 15) is 27.9 Å². The highest BCUT2D eigenvalue weighted by Crippen LogP contribution is 2.42. The maximum absolute atomic E-state index is 12.5. The Morgan fingerprint density at radius 1 is 1.32 bits per heavy atom. The largest absolute Gasteiger partial charge is 0.480 e. The minimum atomic E-state index is -4.45. The molecule has 1 aromatic heterocycles. The van der Waals surface area contributed by atoms with Crippen LogP contribution in [0.5, 0.6) is 0 Å². The van der Waals surface area contributed by atoms with E-state index in [2.05, 4.69) is 4.98 Å². The fourth-order valence-corrected chi connectivity index (χ4v) is 4.46. The first-order valence-electron chi connectivity index (χ1n) is 7.95. The van der Waals surface area contributed by atoms with E-state index in [1.54, 1.807) is 0 Å². The molecule has 0 bridgehead atoms. The molecule has 1 aromatic rings. The average Bonchev–Trinajstić information content (AvgIpc) is 3.12. The molecule has 3 rings (SSSR count). The molecule has 1 saturated heterocycles. The lowest BCUT2D eigenvalue weighted by Crippen LogP contribution is -2.44. The Bertz CT molecular complexity index is 666. The molecular formula is C16H17F3N2O3S. The molecule has 25 heavy (non-hydrogen) atoms. The highest BCUT2D eigenvalue weighted by atomic mass is 32.2. The third-order valence-electron chi connectivity index (χ3n) is 4.87. The van der Waals surface area contributed by atoms with Gasteiger partial charge in [0.05, 0.1) is 16.3 Å². The molecule has 136 valence electrons. The number of aliphatic carboxylic acids is 1. The van der Waals surface area contributed by atoms with Crippen LogP contribution in [0.25, 0.3) is 0 Å². The molecule has 1 aliphatic carbocycles. The summed E-state index contributed by atoms with van der Waals surface area (Å²) < 4.78 is 37.5. The molecule has 3 atom stereocenters. The SMILES string of the molecule is O=C(O)C1C2CCCC2CN1C(=O)CSc1ccc(C(F)(F)F)cn1. The van der Waals surface area contributed by atoms with Crippen molar-refractivity contribution in [1.82, 2.24) is 9.88 Å². The zero-order valence-electron chi connectivity index (χ0n) is 13.2. The summed E-state index contributed by atoms with van der Waals surface area (Å²) in [7, 11) is 0. The Labute approximate surface area is 146 Å². The quantitative estimate of drug-likeness (QED) is 0.821. The highest BCUT2D eigenvalue weighted by molar-refractivity contribution is 7.99. The maximum atomic E-state index is 12.5. The fourth-order valence-electron chi connectivity index (χ4n) is 3.73. The van der Waals surface area contributed by atoms with E-state index < -0.39 is 23.8 Å². The second-order valence-corrected chi connectivity index (χ2v) is 7.35. The fraction of sp³-hybridized carbons (Fsp3) is 0.562. The van der Waals surface area contributed by atoms with Crippen molar-refractivity contribution in [3.8, 4) is 0 Å². The van der Waals surface area contributed by atoms with Crippen LogP contribution in [0.3, 0.4) is 0 Å². The van der Waals surface area contributed by atoms with E-state index in [1.165, 1.54) is 11.0 Å². The molecule has 2 heterocycles. The van der Waals surface area contributed by atoms with Gasteiger partial charge in [-0.05, 0) is 36.8 Å². The van der Waals surface area contributed by atoms with E-state index in [-0.39, 0.29) is 23.5 Å². The van der Waals surface area contributed by atoms with E-state index in [0.717, 1.165) is 43.3 Å². The van der Waals surface area contributed by atoms with Crippen LogP contribution in [0, 0.1) is 11.8 Å². The molecule has 2 aliphatic rings. The molecule has 1 amide bonds. The summed E-state index contributed by atoms with van der Waals surface area (Å²) in [6, 6.07) is 1.34. The smallest absolute Gasteiger partial charge is 0.417 e. The van der Waals surface area contributed by atoms with Crippen LogP contribution in [0.1, 0.15) is 24.8 Å². The van der Waals surface area contributed by atoms with Crippen molar-refractivity contribution in [3.63, 3.8) is 0 Å². The summed E-state index contributed by atoms with van der Waals surface area (Å²) in [5.41, 5.74) is -0.846. The van der Waals surface area contributed by atoms with E-state index in [0.29, 0.717) is 11.6 Å². The molecule has 1 N–H and O–H groups in total. The molecule has 1 aliphatic heterocycles. The molecule has 0 spiro atoms. The van der Waals surface area contributed by atoms with Gasteiger partial charge in [0.15, 0.2) is 0 Å². The van der Waals surface area contributed by atoms with Crippen LogP contribution in [-0.4, -0.2) is 45.2 Å². The van der Waals surface area contributed by atoms with Gasteiger partial charge in [-0.1, -0.05) is 18.2 Å². The van der Waals surface area contributed by atoms with Gasteiger partial charge in [-0.25, -0.2) is 9.78 Å². The van der Waals surface area contributed by atoms with Crippen LogP contribution in [0.15, 0.2) is 23.4 Å². The first kappa shape index (κ1) is 18.0. The first-order chi connectivity index (χ1) is 11.8. The molecule has 0 aromatic carbocycles. The average molecular weight is 374 g/mol. The summed E-state index contributed by atoms with van der Waals surface area (Å²) in [5, 5.41) is 9.75. The number of thioether (sulfide) groups is 1. The highest BCUT2D eigenvalue weighted by Gasteiger charge is 2.49. The summed E-state index contributed by atoms with van der Waals surface area (Å²) in [5.74, 6) is -1.09. The number of hydrogen-bond acceptors (Lipinski definition) is 4. The van der Waals surface area contributed by atoms with Crippen LogP contribution in [0.4, 0.5) is 13.2 Å². The Morgan fingerprint density at radius 2 is 2.08 bits per heavy atom. The van der Waals surface area contributed by atoms with Crippen LogP contribution in [0.2, 0.25) is 0 Å². The number of carbonyl (C=O) groups excluding carboxylic acids is 1. The molecule has 1 saturated carbocycles. The number of aromatic nitrogens is 1. The van der Waals surface area contributed by atoms with Gasteiger partial charge in [-0.15, -0.1) is 0 Å². The number of halogens is 3. The number of carbonyl (C=O) groups is 2. The third kappa shape index (κ3) is 3.75. The van der Waals surface area contributed by atoms with Gasteiger partial charge in [-0.2, -0.15) is 13.2 Å². The normalized spacial score (nSPS) is 25.9. The summed E-state index contributed by atoms with van der Waals surface area (Å²) in [6.45, 7) is 0.446. The number of carboxylic acids is 1. The Balaban J connectivity index is 1.61. The minimum Gasteiger partial charge on any atom is -0.480 e. The van der Waals surface area contributed by atoms with Crippen molar-refractivity contribution in [2.24, 2.45) is 11.8 Å². The van der Waals surface area contributed by atoms with Crippen molar-refractivity contribution < 1.29 is 27.9 Å². The van der Waals surface area contributed by atoms with Crippen molar-refractivity contribution in [3.05, 3.63) is 23.9 Å². The van der Waals surface area contributed by atoms with Crippen molar-refractivity contribution in [2.45, 2.75) is 36.5 Å². The number of hydrogen-bond donors (Lipinski definition) is 1. The Kier molecular flexibility index (Phi) is 4.95. The van der Waals surface area contributed by atoms with Gasteiger partial charge in [0.2, 0.25) is 5.91 Å². The number of alkyl halides is 3. The number of fused-ring (bicyclic) bond motifs is 1. The zero-order chi connectivity index (χ0) is 18.2. The van der Waals surface area contributed by atoms with Gasteiger partial charge >= 0.3 is 12.1 Å². The Morgan fingerprint density at radius 3 is 2.68 bits per heavy atom. The van der Waals surface area contributed by atoms with Crippen LogP contribution in [-0.2, 0) is 15.8 Å². The number of likely N-dealkylation sites (tertiary alicyclic amines) is 1. The summed E-state index contributed by atoms with van der Waals surface area (Å²) in [4.78, 5) is 29.1. The second kappa shape index (κ2) is 6.86. The number of carboxylic acid groups (broad SMARTS) is 1. The minimum absolute atomic E-state index is 0.00986. The lowest BCUT2D eigenvalue weighted by atomic mass is 9.94. The Hall–Kier alpha value is -1.77. The number of pyridine rings is 1. The van der Waals surface area contributed by atoms with E-state index in [4.69, 9.17) is 0 Å². The standard InChI is InChI=1S/C16H17F3N2O3S/c17-16(18,19)10-4-5-12(20-6-10)25-8-13(22)21-7-9-2-1-3-11(9)14(21)15(23)24/h4-6,9,11,14H,1-3,7-8H2,(H,23,24). The summed E-state index contributed by atoms with van der Waals surface area (Å²) in [6.07, 6.45) is -0.975. The van der Waals surface area contributed by atoms with Gasteiger partial charge in [-0.3, -0.25) is 4.79 Å². The summed E-state index contributed by atoms with van der Waals surface area (Å²) >= 11 is 1.01. The second-order valence-electron chi connectivity index (χ2n) is 6.36. The lowest BCUT2D eigenvalue weighted by molar-refractivity contribution is -0.148. The van der Waals surface area contributed by atoms with Gasteiger partial charge in [0.25, 0.3) is 0 Å². The van der Waals surface area contributed by atoms with Gasteiger partial charge in [0, 0.05) is 12.7 Å². The van der Waals surface area contributed by atoms with Crippen LogP contribution < -0.4 is 0 Å². The molecule has 2 fully saturated rings. The third-order valence-corrected chi connectivity index (χ3v) is 5.80. The predicted molar refractivity (Wildman–Crippen MR) is 83.9 cm³/mol. The molecule has 5 nitrogen and oxygen atoms in total. The van der Waals surface area contributed by atoms with Crippen molar-refractivity contribution in [2.75, 3.05) is 12.3 Å². The van der Waals surface area contributed by atoms with Crippen molar-refractivity contribution in [1.29, 1.82) is 0 Å². The van der Waals surface area contributed by atoms with Gasteiger partial charge in [0.1, 0.15) is 6.04 Å². The molecule has 3 unspecified atom stereocenters. The van der Waals surface area contributed by atoms with Crippen molar-refractivity contribution >= 4 is 23.6 Å². The van der Waals surface area contributed by atoms with E-state index >= 15 is 0 Å². The van der Waals surface area contributed by atoms with Gasteiger partial charge < -0.3 is 10.0 Å².